The lowest BCUT2D eigenvalue weighted by molar-refractivity contribution is -0.120. The van der Waals surface area contributed by atoms with E-state index in [2.05, 4.69) is 5.32 Å². The second-order valence-electron chi connectivity index (χ2n) is 7.08. The van der Waals surface area contributed by atoms with E-state index < -0.39 is 0 Å². The Hall–Kier alpha value is -3.08. The minimum Gasteiger partial charge on any atom is -0.508 e. The van der Waals surface area contributed by atoms with Gasteiger partial charge in [-0.15, -0.1) is 0 Å². The highest BCUT2D eigenvalue weighted by Crippen LogP contribution is 2.34. The summed E-state index contributed by atoms with van der Waals surface area (Å²) in [6, 6.07) is 13.3. The number of aromatic nitrogens is 1. The first-order chi connectivity index (χ1) is 13.0. The van der Waals surface area contributed by atoms with Crippen LogP contribution in [0.4, 0.5) is 0 Å². The van der Waals surface area contributed by atoms with Crippen molar-refractivity contribution < 1.29 is 14.6 Å². The molecular weight excluding hydrogens is 340 g/mol. The maximum Gasteiger partial charge on any atom is 0.224 e. The van der Waals surface area contributed by atoms with Crippen LogP contribution >= 0.6 is 0 Å². The van der Waals surface area contributed by atoms with E-state index in [-0.39, 0.29) is 11.7 Å². The smallest absolute Gasteiger partial charge is 0.224 e. The van der Waals surface area contributed by atoms with Gasteiger partial charge in [-0.25, -0.2) is 4.98 Å². The Morgan fingerprint density at radius 2 is 2.04 bits per heavy atom. The monoisotopic (exact) mass is 362 g/mol. The van der Waals surface area contributed by atoms with Gasteiger partial charge in [-0.05, 0) is 67.3 Å². The molecule has 1 saturated carbocycles. The molecule has 27 heavy (non-hydrogen) atoms. The summed E-state index contributed by atoms with van der Waals surface area (Å²) in [4.78, 5) is 16.8. The number of phenols is 1. The molecule has 138 valence electrons. The van der Waals surface area contributed by atoms with E-state index in [0.717, 1.165) is 46.1 Å². The third-order valence-electron chi connectivity index (χ3n) is 4.85. The molecule has 0 bridgehead atoms. The van der Waals surface area contributed by atoms with E-state index in [1.807, 2.05) is 31.2 Å². The SMILES string of the molecule is COc1ccc(O)cc1-c1cc(C)c2cc(CC(=O)NC3CC3)ccc2n1. The summed E-state index contributed by atoms with van der Waals surface area (Å²) >= 11 is 0. The molecule has 1 aromatic heterocycles. The summed E-state index contributed by atoms with van der Waals surface area (Å²) in [5.41, 5.74) is 4.38. The van der Waals surface area contributed by atoms with Crippen molar-refractivity contribution in [1.82, 2.24) is 10.3 Å². The van der Waals surface area contributed by atoms with E-state index in [1.54, 1.807) is 25.3 Å². The van der Waals surface area contributed by atoms with Gasteiger partial charge in [-0.2, -0.15) is 0 Å². The predicted molar refractivity (Wildman–Crippen MR) is 105 cm³/mol. The van der Waals surface area contributed by atoms with Crippen molar-refractivity contribution in [3.8, 4) is 22.8 Å². The Morgan fingerprint density at radius 3 is 2.78 bits per heavy atom. The van der Waals surface area contributed by atoms with E-state index in [1.165, 1.54) is 0 Å². The van der Waals surface area contributed by atoms with Crippen LogP contribution in [0.15, 0.2) is 42.5 Å². The summed E-state index contributed by atoms with van der Waals surface area (Å²) in [5.74, 6) is 0.901. The third-order valence-corrected chi connectivity index (χ3v) is 4.85. The van der Waals surface area contributed by atoms with Gasteiger partial charge in [0.05, 0.1) is 24.7 Å². The average Bonchev–Trinajstić information content (AvgIpc) is 3.46. The lowest BCUT2D eigenvalue weighted by Gasteiger charge is -2.12. The highest BCUT2D eigenvalue weighted by Gasteiger charge is 2.23. The molecule has 1 heterocycles. The Balaban J connectivity index is 1.69. The van der Waals surface area contributed by atoms with Crippen molar-refractivity contribution >= 4 is 16.8 Å². The summed E-state index contributed by atoms with van der Waals surface area (Å²) < 4.78 is 5.41. The molecule has 2 aromatic carbocycles. The van der Waals surface area contributed by atoms with Crippen LogP contribution in [0, 0.1) is 6.92 Å². The van der Waals surface area contributed by atoms with Gasteiger partial charge in [0.25, 0.3) is 0 Å². The molecular formula is C22H22N2O3. The molecule has 0 aliphatic heterocycles. The molecule has 3 aromatic rings. The first-order valence-corrected chi connectivity index (χ1v) is 9.10. The van der Waals surface area contributed by atoms with Crippen molar-refractivity contribution in [3.05, 3.63) is 53.6 Å². The lowest BCUT2D eigenvalue weighted by atomic mass is 10.0. The van der Waals surface area contributed by atoms with Crippen LogP contribution in [0.25, 0.3) is 22.2 Å². The van der Waals surface area contributed by atoms with E-state index in [0.29, 0.717) is 18.2 Å². The topological polar surface area (TPSA) is 71.5 Å². The number of hydrogen-bond donors (Lipinski definition) is 2. The van der Waals surface area contributed by atoms with Gasteiger partial charge in [0.1, 0.15) is 11.5 Å². The normalized spacial score (nSPS) is 13.6. The van der Waals surface area contributed by atoms with Crippen LogP contribution < -0.4 is 10.1 Å². The predicted octanol–water partition coefficient (Wildman–Crippen LogP) is 3.75. The Bertz CT molecular complexity index is 1030. The number of pyridine rings is 1. The Morgan fingerprint density at radius 1 is 1.22 bits per heavy atom. The van der Waals surface area contributed by atoms with Gasteiger partial charge in [0.2, 0.25) is 5.91 Å². The maximum atomic E-state index is 12.1. The molecule has 2 N–H and O–H groups in total. The molecule has 0 radical (unpaired) electrons. The second kappa shape index (κ2) is 6.91. The number of nitrogens with zero attached hydrogens (tertiary/aromatic N) is 1. The van der Waals surface area contributed by atoms with Crippen molar-refractivity contribution in [1.29, 1.82) is 0 Å². The van der Waals surface area contributed by atoms with Crippen LogP contribution in [-0.4, -0.2) is 29.1 Å². The number of nitrogens with one attached hydrogen (secondary N) is 1. The number of benzene rings is 2. The summed E-state index contributed by atoms with van der Waals surface area (Å²) in [6.07, 6.45) is 2.57. The number of aromatic hydroxyl groups is 1. The summed E-state index contributed by atoms with van der Waals surface area (Å²) in [7, 11) is 1.60. The number of fused-ring (bicyclic) bond motifs is 1. The maximum absolute atomic E-state index is 12.1. The average molecular weight is 362 g/mol. The van der Waals surface area contributed by atoms with Gasteiger partial charge >= 0.3 is 0 Å². The van der Waals surface area contributed by atoms with Crippen molar-refractivity contribution in [2.24, 2.45) is 0 Å². The lowest BCUT2D eigenvalue weighted by Crippen LogP contribution is -2.26. The standard InChI is InChI=1S/C22H22N2O3/c1-13-9-20(18-12-16(25)6-8-21(18)27-2)24-19-7-3-14(10-17(13)19)11-22(26)23-15-4-5-15/h3,6-10,12,15,25H,4-5,11H2,1-2H3,(H,23,26). The number of amides is 1. The molecule has 0 atom stereocenters. The van der Waals surface area contributed by atoms with Gasteiger partial charge in [0.15, 0.2) is 0 Å². The highest BCUT2D eigenvalue weighted by molar-refractivity contribution is 5.88. The minimum absolute atomic E-state index is 0.0728. The molecule has 1 fully saturated rings. The number of ether oxygens (including phenoxy) is 1. The molecule has 1 aliphatic rings. The number of carbonyl (C=O) groups excluding carboxylic acids is 1. The summed E-state index contributed by atoms with van der Waals surface area (Å²) in [6.45, 7) is 2.02. The zero-order valence-electron chi connectivity index (χ0n) is 15.5. The van der Waals surface area contributed by atoms with Crippen molar-refractivity contribution in [3.63, 3.8) is 0 Å². The quantitative estimate of drug-likeness (QED) is 0.725. The van der Waals surface area contributed by atoms with E-state index >= 15 is 0 Å². The number of rotatable bonds is 5. The molecule has 4 rings (SSSR count). The van der Waals surface area contributed by atoms with Gasteiger partial charge in [0, 0.05) is 17.0 Å². The molecule has 5 heteroatoms. The zero-order valence-corrected chi connectivity index (χ0v) is 15.5. The van der Waals surface area contributed by atoms with Gasteiger partial charge in [-0.3, -0.25) is 4.79 Å². The highest BCUT2D eigenvalue weighted by atomic mass is 16.5. The molecule has 5 nitrogen and oxygen atoms in total. The fourth-order valence-electron chi connectivity index (χ4n) is 3.28. The zero-order chi connectivity index (χ0) is 19.0. The van der Waals surface area contributed by atoms with Crippen molar-refractivity contribution in [2.75, 3.05) is 7.11 Å². The van der Waals surface area contributed by atoms with Crippen LogP contribution in [0.2, 0.25) is 0 Å². The fourth-order valence-corrected chi connectivity index (χ4v) is 3.28. The summed E-state index contributed by atoms with van der Waals surface area (Å²) in [5, 5.41) is 13.9. The second-order valence-corrected chi connectivity index (χ2v) is 7.08. The molecule has 1 amide bonds. The van der Waals surface area contributed by atoms with Crippen LogP contribution in [0.3, 0.4) is 0 Å². The fraction of sp³-hybridized carbons (Fsp3) is 0.273. The van der Waals surface area contributed by atoms with Crippen LogP contribution in [0.1, 0.15) is 24.0 Å². The Labute approximate surface area is 158 Å². The Kier molecular flexibility index (Phi) is 4.44. The molecule has 0 spiro atoms. The van der Waals surface area contributed by atoms with Gasteiger partial charge < -0.3 is 15.2 Å². The van der Waals surface area contributed by atoms with Crippen LogP contribution in [-0.2, 0) is 11.2 Å². The third kappa shape index (κ3) is 3.72. The molecule has 0 unspecified atom stereocenters. The van der Waals surface area contributed by atoms with E-state index in [4.69, 9.17) is 9.72 Å². The van der Waals surface area contributed by atoms with Crippen molar-refractivity contribution in [2.45, 2.75) is 32.2 Å². The molecule has 0 saturated heterocycles. The minimum atomic E-state index is 0.0728. The molecule has 1 aliphatic carbocycles. The number of aryl methyl sites for hydroxylation is 1. The number of methoxy groups -OCH3 is 1. The first-order valence-electron chi connectivity index (χ1n) is 9.10. The number of phenolic OH excluding ortho intramolecular Hbond substituents is 1. The first kappa shape index (κ1) is 17.3. The largest absolute Gasteiger partial charge is 0.508 e. The van der Waals surface area contributed by atoms with E-state index in [9.17, 15) is 9.90 Å². The number of hydrogen-bond acceptors (Lipinski definition) is 4. The van der Waals surface area contributed by atoms with Crippen LogP contribution in [0.5, 0.6) is 11.5 Å². The number of carbonyl (C=O) groups is 1. The van der Waals surface area contributed by atoms with Gasteiger partial charge in [-0.1, -0.05) is 6.07 Å².